The highest BCUT2D eigenvalue weighted by Crippen LogP contribution is 2.24. The molecule has 1 saturated heterocycles. The summed E-state index contributed by atoms with van der Waals surface area (Å²) in [7, 11) is 4.55. The molecular formula is C15H31N3. The minimum Gasteiger partial charge on any atom is -0.328 e. The van der Waals surface area contributed by atoms with E-state index >= 15 is 0 Å². The summed E-state index contributed by atoms with van der Waals surface area (Å²) < 4.78 is 0. The molecular weight excluding hydrogens is 222 g/mol. The molecule has 0 amide bonds. The summed E-state index contributed by atoms with van der Waals surface area (Å²) >= 11 is 0. The van der Waals surface area contributed by atoms with Crippen LogP contribution in [0.5, 0.6) is 0 Å². The predicted molar refractivity (Wildman–Crippen MR) is 77.7 cm³/mol. The topological polar surface area (TPSA) is 32.5 Å². The van der Waals surface area contributed by atoms with E-state index in [4.69, 9.17) is 5.73 Å². The minimum atomic E-state index is 0.487. The van der Waals surface area contributed by atoms with Crippen molar-refractivity contribution < 1.29 is 0 Å². The molecule has 2 aliphatic rings. The van der Waals surface area contributed by atoms with Gasteiger partial charge in [0.25, 0.3) is 0 Å². The van der Waals surface area contributed by atoms with E-state index < -0.39 is 0 Å². The van der Waals surface area contributed by atoms with Crippen molar-refractivity contribution in [2.24, 2.45) is 17.6 Å². The van der Waals surface area contributed by atoms with Gasteiger partial charge in [-0.15, -0.1) is 0 Å². The zero-order chi connectivity index (χ0) is 13.0. The Labute approximate surface area is 113 Å². The highest BCUT2D eigenvalue weighted by molar-refractivity contribution is 4.78. The van der Waals surface area contributed by atoms with Gasteiger partial charge in [-0.1, -0.05) is 0 Å². The lowest BCUT2D eigenvalue weighted by molar-refractivity contribution is 0.155. The van der Waals surface area contributed by atoms with Crippen molar-refractivity contribution in [3.05, 3.63) is 0 Å². The van der Waals surface area contributed by atoms with Crippen LogP contribution in [-0.2, 0) is 0 Å². The Bertz CT molecular complexity index is 204. The fraction of sp³-hybridized carbons (Fsp3) is 1.00. The summed E-state index contributed by atoms with van der Waals surface area (Å²) in [6, 6.07) is 0.487. The normalized spacial score (nSPS) is 32.0. The summed E-state index contributed by atoms with van der Waals surface area (Å²) in [5, 5.41) is 0. The van der Waals surface area contributed by atoms with E-state index in [1.165, 1.54) is 64.7 Å². The van der Waals surface area contributed by atoms with Crippen LogP contribution in [0.1, 0.15) is 38.5 Å². The number of nitrogens with two attached hydrogens (primary N) is 1. The van der Waals surface area contributed by atoms with Gasteiger partial charge in [0, 0.05) is 19.1 Å². The molecule has 0 radical (unpaired) electrons. The zero-order valence-electron chi connectivity index (χ0n) is 12.3. The van der Waals surface area contributed by atoms with Gasteiger partial charge in [0.15, 0.2) is 0 Å². The quantitative estimate of drug-likeness (QED) is 0.829. The van der Waals surface area contributed by atoms with Crippen molar-refractivity contribution >= 4 is 0 Å². The number of likely N-dealkylation sites (tertiary alicyclic amines) is 1. The second-order valence-electron chi connectivity index (χ2n) is 6.75. The van der Waals surface area contributed by atoms with Gasteiger partial charge in [-0.3, -0.25) is 0 Å². The average Bonchev–Trinajstić information content (AvgIpc) is 2.35. The maximum absolute atomic E-state index is 5.97. The highest BCUT2D eigenvalue weighted by atomic mass is 15.1. The van der Waals surface area contributed by atoms with Crippen LogP contribution in [0.4, 0.5) is 0 Å². The van der Waals surface area contributed by atoms with Crippen molar-refractivity contribution in [3.8, 4) is 0 Å². The molecule has 0 bridgehead atoms. The fourth-order valence-corrected chi connectivity index (χ4v) is 3.57. The second kappa shape index (κ2) is 6.88. The first-order chi connectivity index (χ1) is 8.63. The molecule has 1 heterocycles. The Balaban J connectivity index is 1.64. The summed E-state index contributed by atoms with van der Waals surface area (Å²) in [4.78, 5) is 5.04. The highest BCUT2D eigenvalue weighted by Gasteiger charge is 2.22. The molecule has 1 aliphatic carbocycles. The van der Waals surface area contributed by atoms with E-state index in [0.717, 1.165) is 11.8 Å². The molecule has 0 atom stereocenters. The predicted octanol–water partition coefficient (Wildman–Crippen LogP) is 1.78. The van der Waals surface area contributed by atoms with E-state index in [-0.39, 0.29) is 0 Å². The first-order valence-corrected chi connectivity index (χ1v) is 7.76. The third-order valence-electron chi connectivity index (χ3n) is 4.87. The summed E-state index contributed by atoms with van der Waals surface area (Å²) in [6.07, 6.45) is 7.95. The van der Waals surface area contributed by atoms with Crippen LogP contribution in [0.25, 0.3) is 0 Å². The Morgan fingerprint density at radius 1 is 0.944 bits per heavy atom. The van der Waals surface area contributed by atoms with Crippen LogP contribution < -0.4 is 5.73 Å². The number of rotatable bonds is 4. The Morgan fingerprint density at radius 2 is 1.44 bits per heavy atom. The molecule has 0 aromatic heterocycles. The molecule has 3 nitrogen and oxygen atoms in total. The van der Waals surface area contributed by atoms with E-state index in [0.29, 0.717) is 6.04 Å². The van der Waals surface area contributed by atoms with Crippen LogP contribution in [0.3, 0.4) is 0 Å². The molecule has 0 unspecified atom stereocenters. The number of piperidine rings is 1. The molecule has 18 heavy (non-hydrogen) atoms. The summed E-state index contributed by atoms with van der Waals surface area (Å²) in [5.74, 6) is 1.83. The molecule has 2 fully saturated rings. The van der Waals surface area contributed by atoms with Gasteiger partial charge >= 0.3 is 0 Å². The first-order valence-electron chi connectivity index (χ1n) is 7.76. The third-order valence-corrected chi connectivity index (χ3v) is 4.87. The molecule has 0 spiro atoms. The lowest BCUT2D eigenvalue weighted by Gasteiger charge is -2.34. The molecule has 2 rings (SSSR count). The van der Waals surface area contributed by atoms with E-state index in [2.05, 4.69) is 23.9 Å². The van der Waals surface area contributed by atoms with Crippen molar-refractivity contribution in [3.63, 3.8) is 0 Å². The molecule has 1 saturated carbocycles. The monoisotopic (exact) mass is 253 g/mol. The number of hydrogen-bond donors (Lipinski definition) is 1. The maximum atomic E-state index is 5.97. The molecule has 0 aromatic rings. The van der Waals surface area contributed by atoms with Gasteiger partial charge < -0.3 is 15.5 Å². The van der Waals surface area contributed by atoms with Crippen molar-refractivity contribution in [1.82, 2.24) is 9.80 Å². The van der Waals surface area contributed by atoms with Crippen molar-refractivity contribution in [2.75, 3.05) is 40.3 Å². The molecule has 106 valence electrons. The van der Waals surface area contributed by atoms with Crippen molar-refractivity contribution in [2.45, 2.75) is 44.6 Å². The molecule has 3 heteroatoms. The molecule has 1 aliphatic heterocycles. The van der Waals surface area contributed by atoms with Crippen LogP contribution in [-0.4, -0.2) is 56.1 Å². The lowest BCUT2D eigenvalue weighted by Crippen LogP contribution is -2.38. The molecule has 0 aromatic carbocycles. The Morgan fingerprint density at radius 3 is 2.00 bits per heavy atom. The molecule has 2 N–H and O–H groups in total. The van der Waals surface area contributed by atoms with Gasteiger partial charge in [0.05, 0.1) is 0 Å². The van der Waals surface area contributed by atoms with Crippen LogP contribution in [0.2, 0.25) is 0 Å². The van der Waals surface area contributed by atoms with E-state index in [1.54, 1.807) is 0 Å². The first kappa shape index (κ1) is 14.3. The number of hydrogen-bond acceptors (Lipinski definition) is 3. The summed E-state index contributed by atoms with van der Waals surface area (Å²) in [5.41, 5.74) is 5.97. The van der Waals surface area contributed by atoms with Crippen LogP contribution in [0.15, 0.2) is 0 Å². The van der Waals surface area contributed by atoms with Gasteiger partial charge in [-0.2, -0.15) is 0 Å². The van der Waals surface area contributed by atoms with E-state index in [9.17, 15) is 0 Å². The maximum Gasteiger partial charge on any atom is 0.00390 e. The van der Waals surface area contributed by atoms with Gasteiger partial charge in [-0.25, -0.2) is 0 Å². The summed E-state index contributed by atoms with van der Waals surface area (Å²) in [6.45, 7) is 5.17. The lowest BCUT2D eigenvalue weighted by atomic mass is 9.86. The number of nitrogens with zero attached hydrogens (tertiary/aromatic N) is 2. The minimum absolute atomic E-state index is 0.487. The zero-order valence-corrected chi connectivity index (χ0v) is 12.3. The van der Waals surface area contributed by atoms with E-state index in [1.807, 2.05) is 0 Å². The Kier molecular flexibility index (Phi) is 5.46. The van der Waals surface area contributed by atoms with Gasteiger partial charge in [0.1, 0.15) is 0 Å². The second-order valence-corrected chi connectivity index (χ2v) is 6.75. The SMILES string of the molecule is CN1CCC(CN(C)CC2CCC(N)CC2)CC1. The smallest absolute Gasteiger partial charge is 0.00390 e. The van der Waals surface area contributed by atoms with Crippen LogP contribution in [0, 0.1) is 11.8 Å². The fourth-order valence-electron chi connectivity index (χ4n) is 3.57. The Hall–Kier alpha value is -0.120. The van der Waals surface area contributed by atoms with Gasteiger partial charge in [-0.05, 0) is 77.5 Å². The largest absolute Gasteiger partial charge is 0.328 e. The standard InChI is InChI=1S/C15H31N3/c1-17-9-7-14(8-10-17)12-18(2)11-13-3-5-15(16)6-4-13/h13-15H,3-12,16H2,1-2H3. The third kappa shape index (κ3) is 4.52. The van der Waals surface area contributed by atoms with Gasteiger partial charge in [0.2, 0.25) is 0 Å². The van der Waals surface area contributed by atoms with Crippen molar-refractivity contribution in [1.29, 1.82) is 0 Å². The van der Waals surface area contributed by atoms with Crippen LogP contribution >= 0.6 is 0 Å². The average molecular weight is 253 g/mol.